The normalized spacial score (nSPS) is 12.1. The summed E-state index contributed by atoms with van der Waals surface area (Å²) in [7, 11) is -8.15. The summed E-state index contributed by atoms with van der Waals surface area (Å²) in [4.78, 5) is 12.3. The molecule has 9 nitrogen and oxygen atoms in total. The number of amides is 1. The summed E-state index contributed by atoms with van der Waals surface area (Å²) in [6, 6.07) is 13.3. The van der Waals surface area contributed by atoms with Gasteiger partial charge in [0.2, 0.25) is 26.0 Å². The molecule has 0 aliphatic rings. The molecule has 0 saturated carbocycles. The molecule has 0 radical (unpaired) electrons. The first-order valence-electron chi connectivity index (χ1n) is 8.08. The van der Waals surface area contributed by atoms with E-state index in [0.717, 1.165) is 18.1 Å². The molecule has 3 rings (SSSR count). The number of benzene rings is 2. The number of fused-ring (bicyclic) bond motifs is 1. The number of rotatable bonds is 6. The fourth-order valence-corrected chi connectivity index (χ4v) is 5.76. The van der Waals surface area contributed by atoms with E-state index in [9.17, 15) is 21.6 Å². The molecule has 11 heteroatoms. The van der Waals surface area contributed by atoms with E-state index in [0.29, 0.717) is 14.6 Å². The van der Waals surface area contributed by atoms with Gasteiger partial charge in [0, 0.05) is 5.39 Å². The molecule has 0 saturated heterocycles. The molecule has 0 spiro atoms. The van der Waals surface area contributed by atoms with Crippen LogP contribution in [-0.4, -0.2) is 45.5 Å². The minimum atomic E-state index is -4.08. The predicted molar refractivity (Wildman–Crippen MR) is 107 cm³/mol. The average molecular weight is 422 g/mol. The van der Waals surface area contributed by atoms with Crippen LogP contribution in [0.2, 0.25) is 0 Å². The topological polar surface area (TPSA) is 129 Å². The Bertz CT molecular complexity index is 1200. The summed E-state index contributed by atoms with van der Waals surface area (Å²) in [6.07, 6.45) is 1.74. The van der Waals surface area contributed by atoms with Crippen molar-refractivity contribution < 1.29 is 21.6 Å². The fraction of sp³-hybridized carbons (Fsp3) is 0.176. The second-order valence-corrected chi connectivity index (χ2v) is 10.1. The van der Waals surface area contributed by atoms with E-state index < -0.39 is 20.0 Å². The Morgan fingerprint density at radius 1 is 1.04 bits per heavy atom. The molecule has 0 fully saturated rings. The van der Waals surface area contributed by atoms with Gasteiger partial charge >= 0.3 is 0 Å². The first kappa shape index (κ1) is 19.8. The molecule has 2 N–H and O–H groups in total. The molecule has 0 atom stereocenters. The molecular formula is C17H18N4O5S2. The number of hydrogen-bond donors (Lipinski definition) is 2. The predicted octanol–water partition coefficient (Wildman–Crippen LogP) is 1.47. The van der Waals surface area contributed by atoms with Crippen LogP contribution in [0.3, 0.4) is 0 Å². The van der Waals surface area contributed by atoms with Gasteiger partial charge in [0.05, 0.1) is 30.1 Å². The summed E-state index contributed by atoms with van der Waals surface area (Å²) < 4.78 is 48.2. The van der Waals surface area contributed by atoms with Crippen molar-refractivity contribution in [1.29, 1.82) is 0 Å². The van der Waals surface area contributed by atoms with E-state index in [1.54, 1.807) is 0 Å². The van der Waals surface area contributed by atoms with Crippen molar-refractivity contribution in [2.45, 2.75) is 6.42 Å². The van der Waals surface area contributed by atoms with Crippen molar-refractivity contribution in [2.75, 3.05) is 21.5 Å². The second kappa shape index (κ2) is 7.24. The van der Waals surface area contributed by atoms with E-state index in [1.807, 2.05) is 30.3 Å². The second-order valence-electron chi connectivity index (χ2n) is 6.24. The molecule has 2 aromatic carbocycles. The van der Waals surface area contributed by atoms with Gasteiger partial charge in [0.1, 0.15) is 0 Å². The standard InChI is InChI=1S/C17H18N4O5S2/c1-27(23,24)21(28(2,25)26)13-8-9-15-14(11-13)17(20-19-15)18-16(22)10-12-6-4-3-5-7-12/h3-9,11H,10H2,1-2H3,(H2,18,19,20,22). The molecule has 1 aromatic heterocycles. The first-order chi connectivity index (χ1) is 13.1. The molecule has 1 heterocycles. The van der Waals surface area contributed by atoms with Crippen molar-refractivity contribution in [2.24, 2.45) is 0 Å². The maximum absolute atomic E-state index is 12.3. The summed E-state index contributed by atoms with van der Waals surface area (Å²) in [5.74, 6) is -0.132. The fourth-order valence-electron chi connectivity index (χ4n) is 2.80. The number of aromatic nitrogens is 2. The zero-order chi connectivity index (χ0) is 20.5. The van der Waals surface area contributed by atoms with Crippen molar-refractivity contribution in [3.63, 3.8) is 0 Å². The minimum Gasteiger partial charge on any atom is -0.308 e. The number of hydrogen-bond acceptors (Lipinski definition) is 6. The van der Waals surface area contributed by atoms with Crippen LogP contribution in [0.15, 0.2) is 48.5 Å². The molecule has 1 amide bonds. The van der Waals surface area contributed by atoms with Crippen LogP contribution >= 0.6 is 0 Å². The molecule has 0 bridgehead atoms. The van der Waals surface area contributed by atoms with Crippen molar-refractivity contribution in [1.82, 2.24) is 10.2 Å². The van der Waals surface area contributed by atoms with Crippen LogP contribution < -0.4 is 9.03 Å². The first-order valence-corrected chi connectivity index (χ1v) is 11.8. The third-order valence-corrected chi connectivity index (χ3v) is 7.08. The van der Waals surface area contributed by atoms with E-state index in [1.165, 1.54) is 18.2 Å². The summed E-state index contributed by atoms with van der Waals surface area (Å²) in [6.45, 7) is 0. The molecule has 0 aliphatic carbocycles. The number of anilines is 2. The summed E-state index contributed by atoms with van der Waals surface area (Å²) >= 11 is 0. The molecule has 3 aromatic rings. The molecular weight excluding hydrogens is 404 g/mol. The minimum absolute atomic E-state index is 0.0718. The number of nitrogens with one attached hydrogen (secondary N) is 2. The maximum Gasteiger partial charge on any atom is 0.245 e. The van der Waals surface area contributed by atoms with Crippen molar-refractivity contribution in [3.8, 4) is 0 Å². The largest absolute Gasteiger partial charge is 0.308 e. The Morgan fingerprint density at radius 3 is 2.29 bits per heavy atom. The maximum atomic E-state index is 12.3. The van der Waals surface area contributed by atoms with Gasteiger partial charge in [-0.05, 0) is 23.8 Å². The van der Waals surface area contributed by atoms with E-state index in [-0.39, 0.29) is 23.8 Å². The lowest BCUT2D eigenvalue weighted by atomic mass is 10.1. The Balaban J connectivity index is 1.95. The molecule has 148 valence electrons. The van der Waals surface area contributed by atoms with E-state index in [4.69, 9.17) is 0 Å². The molecule has 0 aliphatic heterocycles. The number of carbonyl (C=O) groups excluding carboxylic acids is 1. The van der Waals surface area contributed by atoms with Gasteiger partial charge in [0.25, 0.3) is 0 Å². The highest BCUT2D eigenvalue weighted by Gasteiger charge is 2.27. The van der Waals surface area contributed by atoms with Crippen LogP contribution in [0, 0.1) is 0 Å². The zero-order valence-electron chi connectivity index (χ0n) is 15.1. The van der Waals surface area contributed by atoms with Crippen LogP contribution in [0.4, 0.5) is 11.5 Å². The monoisotopic (exact) mass is 422 g/mol. The van der Waals surface area contributed by atoms with Gasteiger partial charge in [-0.3, -0.25) is 9.89 Å². The molecule has 0 unspecified atom stereocenters. The van der Waals surface area contributed by atoms with E-state index >= 15 is 0 Å². The van der Waals surface area contributed by atoms with Gasteiger partial charge in [-0.2, -0.15) is 8.81 Å². The number of sulfonamides is 2. The highest BCUT2D eigenvalue weighted by Crippen LogP contribution is 2.29. The SMILES string of the molecule is CS(=O)(=O)N(c1ccc2[nH]nc(NC(=O)Cc3ccccc3)c2c1)S(C)(=O)=O. The van der Waals surface area contributed by atoms with Gasteiger partial charge in [-0.25, -0.2) is 16.8 Å². The number of H-pyrrole nitrogens is 1. The number of nitrogens with zero attached hydrogens (tertiary/aromatic N) is 2. The van der Waals surface area contributed by atoms with Gasteiger partial charge < -0.3 is 5.32 Å². The number of carbonyl (C=O) groups is 1. The van der Waals surface area contributed by atoms with Crippen LogP contribution in [0.25, 0.3) is 10.9 Å². The third-order valence-electron chi connectivity index (χ3n) is 3.83. The lowest BCUT2D eigenvalue weighted by Gasteiger charge is -2.19. The van der Waals surface area contributed by atoms with Crippen LogP contribution in [-0.2, 0) is 31.3 Å². The Hall–Kier alpha value is -2.92. The van der Waals surface area contributed by atoms with E-state index in [2.05, 4.69) is 15.5 Å². The summed E-state index contributed by atoms with van der Waals surface area (Å²) in [5.41, 5.74) is 1.26. The van der Waals surface area contributed by atoms with Crippen molar-refractivity contribution in [3.05, 3.63) is 54.1 Å². The Labute approximate surface area is 162 Å². The van der Waals surface area contributed by atoms with Gasteiger partial charge in [-0.15, -0.1) is 0 Å². The average Bonchev–Trinajstić information content (AvgIpc) is 2.95. The van der Waals surface area contributed by atoms with Crippen LogP contribution in [0.1, 0.15) is 5.56 Å². The quantitative estimate of drug-likeness (QED) is 0.619. The van der Waals surface area contributed by atoms with Gasteiger partial charge in [0.15, 0.2) is 5.82 Å². The van der Waals surface area contributed by atoms with Crippen LogP contribution in [0.5, 0.6) is 0 Å². The number of aromatic amines is 1. The zero-order valence-corrected chi connectivity index (χ0v) is 16.7. The molecule has 28 heavy (non-hydrogen) atoms. The highest BCUT2D eigenvalue weighted by molar-refractivity contribution is 8.09. The Morgan fingerprint density at radius 2 is 1.68 bits per heavy atom. The van der Waals surface area contributed by atoms with Crippen molar-refractivity contribution >= 4 is 48.4 Å². The smallest absolute Gasteiger partial charge is 0.245 e. The summed E-state index contributed by atoms with van der Waals surface area (Å²) in [5, 5.41) is 9.79. The highest BCUT2D eigenvalue weighted by atomic mass is 32.3. The lowest BCUT2D eigenvalue weighted by molar-refractivity contribution is -0.115. The van der Waals surface area contributed by atoms with Gasteiger partial charge in [-0.1, -0.05) is 30.3 Å². The lowest BCUT2D eigenvalue weighted by Crippen LogP contribution is -2.35. The Kier molecular flexibility index (Phi) is 5.13. The third kappa shape index (κ3) is 4.31.